The van der Waals surface area contributed by atoms with Gasteiger partial charge in [0, 0.05) is 18.5 Å². The number of rotatable bonds is 6. The molecule has 0 aliphatic carbocycles. The van der Waals surface area contributed by atoms with Crippen molar-refractivity contribution in [2.24, 2.45) is 0 Å². The Morgan fingerprint density at radius 2 is 2.00 bits per heavy atom. The Hall–Kier alpha value is -1.15. The van der Waals surface area contributed by atoms with Gasteiger partial charge >= 0.3 is 5.97 Å². The molecule has 2 N–H and O–H groups in total. The monoisotopic (exact) mass is 292 g/mol. The van der Waals surface area contributed by atoms with Crippen LogP contribution in [0, 0.1) is 0 Å². The van der Waals surface area contributed by atoms with E-state index in [9.17, 15) is 18.0 Å². The Labute approximate surface area is 113 Å². The van der Waals surface area contributed by atoms with E-state index in [4.69, 9.17) is 5.11 Å². The first-order valence-electron chi connectivity index (χ1n) is 6.13. The first-order valence-corrected chi connectivity index (χ1v) is 7.74. The molecule has 0 saturated carbocycles. The van der Waals surface area contributed by atoms with Crippen molar-refractivity contribution in [3.63, 3.8) is 0 Å². The van der Waals surface area contributed by atoms with Crippen molar-refractivity contribution in [2.75, 3.05) is 18.8 Å². The van der Waals surface area contributed by atoms with Crippen LogP contribution in [0.5, 0.6) is 0 Å². The summed E-state index contributed by atoms with van der Waals surface area (Å²) in [6.07, 6.45) is 0.786. The average molecular weight is 292 g/mol. The number of carbonyl (C=O) groups is 2. The molecule has 1 aliphatic heterocycles. The summed E-state index contributed by atoms with van der Waals surface area (Å²) in [6.45, 7) is 3.60. The highest BCUT2D eigenvalue weighted by Gasteiger charge is 2.31. The van der Waals surface area contributed by atoms with Crippen LogP contribution in [0.4, 0.5) is 0 Å². The number of hydrogen-bond donors (Lipinski definition) is 2. The Kier molecular flexibility index (Phi) is 4.92. The fourth-order valence-corrected chi connectivity index (χ4v) is 3.40. The molecule has 1 fully saturated rings. The number of nitrogens with zero attached hydrogens (tertiary/aromatic N) is 1. The average Bonchev–Trinajstić information content (AvgIpc) is 2.55. The van der Waals surface area contributed by atoms with Gasteiger partial charge in [0.05, 0.1) is 12.3 Å². The van der Waals surface area contributed by atoms with Gasteiger partial charge in [-0.05, 0) is 26.7 Å². The molecule has 1 amide bonds. The molecule has 19 heavy (non-hydrogen) atoms. The summed E-state index contributed by atoms with van der Waals surface area (Å²) in [5.74, 6) is -1.24. The van der Waals surface area contributed by atoms with Crippen LogP contribution in [-0.2, 0) is 19.6 Å². The maximum atomic E-state index is 11.8. The predicted octanol–water partition coefficient (Wildman–Crippen LogP) is -0.218. The second-order valence-corrected chi connectivity index (χ2v) is 7.42. The number of amides is 1. The molecule has 0 spiro atoms. The second kappa shape index (κ2) is 5.87. The van der Waals surface area contributed by atoms with Gasteiger partial charge in [0.25, 0.3) is 0 Å². The molecule has 0 aromatic rings. The fourth-order valence-electron chi connectivity index (χ4n) is 1.93. The number of hydrogen-bond acceptors (Lipinski definition) is 4. The van der Waals surface area contributed by atoms with Crippen LogP contribution in [0.3, 0.4) is 0 Å². The third kappa shape index (κ3) is 5.15. The zero-order valence-corrected chi connectivity index (χ0v) is 12.0. The third-order valence-electron chi connectivity index (χ3n) is 2.96. The lowest BCUT2D eigenvalue weighted by Gasteiger charge is -2.26. The lowest BCUT2D eigenvalue weighted by molar-refractivity contribution is -0.137. The van der Waals surface area contributed by atoms with Gasteiger partial charge in [-0.15, -0.1) is 0 Å². The minimum Gasteiger partial charge on any atom is -0.481 e. The van der Waals surface area contributed by atoms with Crippen molar-refractivity contribution in [3.05, 3.63) is 0 Å². The molecule has 0 radical (unpaired) electrons. The summed E-state index contributed by atoms with van der Waals surface area (Å²) >= 11 is 0. The maximum Gasteiger partial charge on any atom is 0.303 e. The van der Waals surface area contributed by atoms with Crippen LogP contribution in [-0.4, -0.2) is 54.1 Å². The molecule has 8 heteroatoms. The van der Waals surface area contributed by atoms with Crippen LogP contribution < -0.4 is 5.32 Å². The lowest BCUT2D eigenvalue weighted by atomic mass is 9.98. The normalized spacial score (nSPS) is 19.3. The van der Waals surface area contributed by atoms with E-state index in [-0.39, 0.29) is 18.7 Å². The Morgan fingerprint density at radius 1 is 1.37 bits per heavy atom. The molecule has 0 atom stereocenters. The summed E-state index contributed by atoms with van der Waals surface area (Å²) in [7, 11) is -3.29. The van der Waals surface area contributed by atoms with Gasteiger partial charge in [-0.25, -0.2) is 8.42 Å². The number of aliphatic carboxylic acids is 1. The van der Waals surface area contributed by atoms with E-state index >= 15 is 0 Å². The molecule has 1 saturated heterocycles. The molecule has 1 aliphatic rings. The number of carboxylic acids is 1. The Balaban J connectivity index is 2.48. The van der Waals surface area contributed by atoms with Crippen LogP contribution in [0.25, 0.3) is 0 Å². The molecule has 110 valence electrons. The number of carboxylic acid groups (broad SMARTS) is 1. The van der Waals surface area contributed by atoms with Gasteiger partial charge in [-0.3, -0.25) is 9.59 Å². The molecular weight excluding hydrogens is 272 g/mol. The number of carbonyl (C=O) groups excluding carboxylic acids is 1. The van der Waals surface area contributed by atoms with Crippen LogP contribution >= 0.6 is 0 Å². The van der Waals surface area contributed by atoms with Crippen molar-refractivity contribution in [1.29, 1.82) is 0 Å². The highest BCUT2D eigenvalue weighted by molar-refractivity contribution is 7.89. The predicted molar refractivity (Wildman–Crippen MR) is 69.1 cm³/mol. The second-order valence-electron chi connectivity index (χ2n) is 5.33. The highest BCUT2D eigenvalue weighted by Crippen LogP contribution is 2.14. The number of nitrogens with one attached hydrogen (secondary N) is 1. The van der Waals surface area contributed by atoms with E-state index in [1.165, 1.54) is 0 Å². The van der Waals surface area contributed by atoms with Crippen molar-refractivity contribution in [1.82, 2.24) is 9.62 Å². The highest BCUT2D eigenvalue weighted by atomic mass is 32.2. The summed E-state index contributed by atoms with van der Waals surface area (Å²) in [4.78, 5) is 22.3. The quantitative estimate of drug-likeness (QED) is 0.704. The lowest BCUT2D eigenvalue weighted by Crippen LogP contribution is -2.48. The minimum absolute atomic E-state index is 0.0463. The summed E-state index contributed by atoms with van der Waals surface area (Å²) in [5.41, 5.74) is -0.668. The van der Waals surface area contributed by atoms with Crippen molar-refractivity contribution < 1.29 is 23.1 Å². The zero-order chi connectivity index (χ0) is 14.7. The molecule has 0 bridgehead atoms. The van der Waals surface area contributed by atoms with E-state index < -0.39 is 27.4 Å². The van der Waals surface area contributed by atoms with Crippen LogP contribution in [0.2, 0.25) is 0 Å². The minimum atomic E-state index is -3.29. The molecule has 0 unspecified atom stereocenters. The Bertz CT molecular complexity index is 458. The standard InChI is InChI=1S/C11H20N2O5S/c1-11(2,5-4-10(15)16)12-9(14)8-13-6-3-7-19(13,17)18/h3-8H2,1-2H3,(H,12,14)(H,15,16). The van der Waals surface area contributed by atoms with Gasteiger partial charge in [-0.1, -0.05) is 0 Å². The van der Waals surface area contributed by atoms with Crippen molar-refractivity contribution >= 4 is 21.9 Å². The van der Waals surface area contributed by atoms with Crippen LogP contribution in [0.15, 0.2) is 0 Å². The SMILES string of the molecule is CC(C)(CCC(=O)O)NC(=O)CN1CCCS1(=O)=O. The van der Waals surface area contributed by atoms with E-state index in [0.29, 0.717) is 19.4 Å². The molecule has 0 aromatic carbocycles. The third-order valence-corrected chi connectivity index (χ3v) is 4.87. The smallest absolute Gasteiger partial charge is 0.303 e. The zero-order valence-electron chi connectivity index (χ0n) is 11.2. The molecule has 0 aromatic heterocycles. The van der Waals surface area contributed by atoms with Gasteiger partial charge in [0.2, 0.25) is 15.9 Å². The summed E-state index contributed by atoms with van der Waals surface area (Å²) in [5, 5.41) is 11.3. The topological polar surface area (TPSA) is 104 Å². The van der Waals surface area contributed by atoms with Gasteiger partial charge in [0.15, 0.2) is 0 Å². The maximum absolute atomic E-state index is 11.8. The summed E-state index contributed by atoms with van der Waals surface area (Å²) in [6, 6.07) is 0. The molecular formula is C11H20N2O5S. The van der Waals surface area contributed by atoms with Crippen LogP contribution in [0.1, 0.15) is 33.1 Å². The fraction of sp³-hybridized carbons (Fsp3) is 0.818. The molecule has 7 nitrogen and oxygen atoms in total. The Morgan fingerprint density at radius 3 is 2.47 bits per heavy atom. The van der Waals surface area contributed by atoms with E-state index in [0.717, 1.165) is 4.31 Å². The first kappa shape index (κ1) is 15.9. The molecule has 1 rings (SSSR count). The van der Waals surface area contributed by atoms with Crippen molar-refractivity contribution in [3.8, 4) is 0 Å². The largest absolute Gasteiger partial charge is 0.481 e. The number of sulfonamides is 1. The van der Waals surface area contributed by atoms with Gasteiger partial charge in [0.1, 0.15) is 0 Å². The van der Waals surface area contributed by atoms with E-state index in [2.05, 4.69) is 5.32 Å². The van der Waals surface area contributed by atoms with E-state index in [1.54, 1.807) is 13.8 Å². The first-order chi connectivity index (χ1) is 8.62. The van der Waals surface area contributed by atoms with Gasteiger partial charge < -0.3 is 10.4 Å². The van der Waals surface area contributed by atoms with Crippen molar-refractivity contribution in [2.45, 2.75) is 38.6 Å². The van der Waals surface area contributed by atoms with E-state index in [1.807, 2.05) is 0 Å². The summed E-state index contributed by atoms with van der Waals surface area (Å²) < 4.78 is 24.3. The molecule has 1 heterocycles. The van der Waals surface area contributed by atoms with Gasteiger partial charge in [-0.2, -0.15) is 4.31 Å².